The van der Waals surface area contributed by atoms with Crippen LogP contribution in [0.2, 0.25) is 0 Å². The number of hydrogen-bond acceptors (Lipinski definition) is 7. The molecule has 2 atom stereocenters. The molecule has 1 aliphatic heterocycles. The van der Waals surface area contributed by atoms with E-state index in [1.54, 1.807) is 17.0 Å². The number of aromatic nitrogens is 2. The summed E-state index contributed by atoms with van der Waals surface area (Å²) in [6, 6.07) is 26.0. The van der Waals surface area contributed by atoms with E-state index in [0.717, 1.165) is 11.1 Å². The maximum atomic E-state index is 13.5. The molecular formula is C27H24N4O4. The quantitative estimate of drug-likeness (QED) is 0.421. The summed E-state index contributed by atoms with van der Waals surface area (Å²) in [4.78, 5) is 24.5. The molecular weight excluding hydrogens is 444 g/mol. The summed E-state index contributed by atoms with van der Waals surface area (Å²) in [6.07, 6.45) is -0.650. The van der Waals surface area contributed by atoms with Gasteiger partial charge in [0.25, 0.3) is 11.8 Å². The summed E-state index contributed by atoms with van der Waals surface area (Å²) in [6.45, 7) is 0.281. The van der Waals surface area contributed by atoms with Crippen molar-refractivity contribution in [1.82, 2.24) is 15.0 Å². The van der Waals surface area contributed by atoms with Crippen molar-refractivity contribution in [2.75, 3.05) is 13.7 Å². The summed E-state index contributed by atoms with van der Waals surface area (Å²) in [5, 5.41) is 18.8. The molecule has 176 valence electrons. The van der Waals surface area contributed by atoms with Crippen molar-refractivity contribution in [2.24, 2.45) is 5.16 Å². The van der Waals surface area contributed by atoms with E-state index >= 15 is 0 Å². The first-order chi connectivity index (χ1) is 17.1. The largest absolute Gasteiger partial charge is 0.399 e. The van der Waals surface area contributed by atoms with E-state index in [2.05, 4.69) is 15.3 Å². The highest BCUT2D eigenvalue weighted by Crippen LogP contribution is 2.32. The van der Waals surface area contributed by atoms with Gasteiger partial charge in [-0.2, -0.15) is 4.98 Å². The van der Waals surface area contributed by atoms with Crippen LogP contribution in [0.4, 0.5) is 0 Å². The molecule has 0 saturated carbocycles. The smallest absolute Gasteiger partial charge is 0.260 e. The standard InChI is InChI=1S/C27H24N4O4/c1-34-29-22-16-23(25-28-26(35-30-25)24(32)20-10-6-3-7-11-20)31(17-22)27(33)21-14-12-19(13-15-21)18-8-4-2-5-9-18/h2-15,23-24,32H,16-17H2,1H3/b29-22+. The monoisotopic (exact) mass is 468 g/mol. The van der Waals surface area contributed by atoms with E-state index in [1.165, 1.54) is 7.11 Å². The number of rotatable bonds is 6. The van der Waals surface area contributed by atoms with Crippen molar-refractivity contribution in [3.05, 3.63) is 108 Å². The lowest BCUT2D eigenvalue weighted by molar-refractivity contribution is 0.0732. The van der Waals surface area contributed by atoms with E-state index in [1.807, 2.05) is 72.8 Å². The lowest BCUT2D eigenvalue weighted by Gasteiger charge is -2.21. The second-order valence-corrected chi connectivity index (χ2v) is 8.24. The predicted octanol–water partition coefficient (Wildman–Crippen LogP) is 4.41. The molecule has 1 amide bonds. The fourth-order valence-electron chi connectivity index (χ4n) is 4.22. The molecule has 8 nitrogen and oxygen atoms in total. The van der Waals surface area contributed by atoms with Crippen molar-refractivity contribution < 1.29 is 19.3 Å². The van der Waals surface area contributed by atoms with Gasteiger partial charge in [-0.25, -0.2) is 0 Å². The maximum absolute atomic E-state index is 13.5. The Kier molecular flexibility index (Phi) is 6.36. The molecule has 3 aromatic carbocycles. The molecule has 1 aromatic heterocycles. The molecule has 4 aromatic rings. The second kappa shape index (κ2) is 9.90. The van der Waals surface area contributed by atoms with Crippen LogP contribution in [0.15, 0.2) is 94.6 Å². The highest BCUT2D eigenvalue weighted by atomic mass is 16.6. The van der Waals surface area contributed by atoms with Crippen molar-refractivity contribution in [3.63, 3.8) is 0 Å². The van der Waals surface area contributed by atoms with Crippen LogP contribution in [-0.2, 0) is 4.84 Å². The van der Waals surface area contributed by atoms with Gasteiger partial charge in [0.15, 0.2) is 11.9 Å². The molecule has 2 heterocycles. The average molecular weight is 469 g/mol. The maximum Gasteiger partial charge on any atom is 0.260 e. The zero-order valence-electron chi connectivity index (χ0n) is 19.1. The molecule has 0 radical (unpaired) electrons. The normalized spacial score (nSPS) is 17.5. The van der Waals surface area contributed by atoms with E-state index in [9.17, 15) is 9.90 Å². The number of aliphatic hydroxyl groups is 1. The number of amides is 1. The molecule has 5 rings (SSSR count). The van der Waals surface area contributed by atoms with Gasteiger partial charge in [-0.05, 0) is 28.8 Å². The summed E-state index contributed by atoms with van der Waals surface area (Å²) in [5.41, 5.74) is 3.99. The van der Waals surface area contributed by atoms with E-state index in [0.29, 0.717) is 29.1 Å². The van der Waals surface area contributed by atoms with Crippen LogP contribution in [0.3, 0.4) is 0 Å². The Morgan fingerprint density at radius 2 is 1.69 bits per heavy atom. The van der Waals surface area contributed by atoms with Gasteiger partial charge in [0.1, 0.15) is 13.2 Å². The zero-order chi connectivity index (χ0) is 24.2. The molecule has 8 heteroatoms. The first kappa shape index (κ1) is 22.5. The van der Waals surface area contributed by atoms with Crippen molar-refractivity contribution in [1.29, 1.82) is 0 Å². The molecule has 0 aliphatic carbocycles. The lowest BCUT2D eigenvalue weighted by atomic mass is 10.0. The number of aliphatic hydroxyl groups excluding tert-OH is 1. The summed E-state index contributed by atoms with van der Waals surface area (Å²) >= 11 is 0. The van der Waals surface area contributed by atoms with Crippen LogP contribution >= 0.6 is 0 Å². The average Bonchev–Trinajstić information content (AvgIpc) is 3.57. The zero-order valence-corrected chi connectivity index (χ0v) is 19.1. The van der Waals surface area contributed by atoms with E-state index in [-0.39, 0.29) is 18.3 Å². The Balaban J connectivity index is 1.40. The topological polar surface area (TPSA) is 101 Å². The Morgan fingerprint density at radius 1 is 1.03 bits per heavy atom. The SMILES string of the molecule is CO/N=C1\CC(c2noc(C(O)c3ccccc3)n2)N(C(=O)c2ccc(-c3ccccc3)cc2)C1. The molecule has 1 N–H and O–H groups in total. The highest BCUT2D eigenvalue weighted by molar-refractivity contribution is 6.00. The first-order valence-electron chi connectivity index (χ1n) is 11.3. The first-order valence-corrected chi connectivity index (χ1v) is 11.3. The molecule has 2 unspecified atom stereocenters. The van der Waals surface area contributed by atoms with Gasteiger partial charge in [0, 0.05) is 12.0 Å². The molecule has 1 aliphatic rings. The Hall–Kier alpha value is -4.30. The third kappa shape index (κ3) is 4.69. The minimum atomic E-state index is -1.05. The Labute approximate surface area is 202 Å². The van der Waals surface area contributed by atoms with Crippen molar-refractivity contribution >= 4 is 11.6 Å². The Morgan fingerprint density at radius 3 is 2.37 bits per heavy atom. The van der Waals surface area contributed by atoms with Gasteiger partial charge < -0.3 is 19.4 Å². The van der Waals surface area contributed by atoms with Crippen LogP contribution < -0.4 is 0 Å². The fourth-order valence-corrected chi connectivity index (χ4v) is 4.22. The number of benzene rings is 3. The minimum absolute atomic E-state index is 0.0722. The second-order valence-electron chi connectivity index (χ2n) is 8.24. The van der Waals surface area contributed by atoms with Crippen LogP contribution in [0.5, 0.6) is 0 Å². The van der Waals surface area contributed by atoms with E-state index in [4.69, 9.17) is 9.36 Å². The lowest BCUT2D eigenvalue weighted by Crippen LogP contribution is -2.31. The van der Waals surface area contributed by atoms with E-state index < -0.39 is 12.1 Å². The van der Waals surface area contributed by atoms with Crippen LogP contribution in [-0.4, -0.2) is 45.4 Å². The van der Waals surface area contributed by atoms with Gasteiger partial charge in [-0.3, -0.25) is 4.79 Å². The van der Waals surface area contributed by atoms with Crippen LogP contribution in [0, 0.1) is 0 Å². The third-order valence-electron chi connectivity index (χ3n) is 5.98. The molecule has 0 bridgehead atoms. The number of likely N-dealkylation sites (tertiary alicyclic amines) is 1. The third-order valence-corrected chi connectivity index (χ3v) is 5.98. The van der Waals surface area contributed by atoms with Gasteiger partial charge >= 0.3 is 0 Å². The fraction of sp³-hybridized carbons (Fsp3) is 0.185. The molecule has 1 fully saturated rings. The van der Waals surface area contributed by atoms with Crippen molar-refractivity contribution in [3.8, 4) is 11.1 Å². The van der Waals surface area contributed by atoms with Gasteiger partial charge in [0.05, 0.1) is 12.3 Å². The number of carbonyl (C=O) groups excluding carboxylic acids is 1. The minimum Gasteiger partial charge on any atom is -0.399 e. The molecule has 35 heavy (non-hydrogen) atoms. The van der Waals surface area contributed by atoms with Crippen LogP contribution in [0.1, 0.15) is 46.2 Å². The molecule has 1 saturated heterocycles. The summed E-state index contributed by atoms with van der Waals surface area (Å²) in [7, 11) is 1.47. The number of carbonyl (C=O) groups is 1. The number of oxime groups is 1. The molecule has 0 spiro atoms. The van der Waals surface area contributed by atoms with Crippen molar-refractivity contribution in [2.45, 2.75) is 18.6 Å². The van der Waals surface area contributed by atoms with Gasteiger partial charge in [-0.1, -0.05) is 83.1 Å². The highest BCUT2D eigenvalue weighted by Gasteiger charge is 2.38. The number of hydrogen-bond donors (Lipinski definition) is 1. The van der Waals surface area contributed by atoms with Crippen LogP contribution in [0.25, 0.3) is 11.1 Å². The summed E-state index contributed by atoms with van der Waals surface area (Å²) < 4.78 is 5.37. The summed E-state index contributed by atoms with van der Waals surface area (Å²) in [5.74, 6) is 0.208. The van der Waals surface area contributed by atoms with Gasteiger partial charge in [0.2, 0.25) is 0 Å². The van der Waals surface area contributed by atoms with Gasteiger partial charge in [-0.15, -0.1) is 0 Å². The predicted molar refractivity (Wildman–Crippen MR) is 130 cm³/mol. The Bertz CT molecular complexity index is 1320. The number of nitrogens with zero attached hydrogens (tertiary/aromatic N) is 4.